The zero-order chi connectivity index (χ0) is 37.6. The zero-order valence-corrected chi connectivity index (χ0v) is 33.8. The first-order valence-corrected chi connectivity index (χ1v) is 19.1. The van der Waals surface area contributed by atoms with Crippen molar-refractivity contribution < 1.29 is 11.6 Å². The fraction of sp³-hybridized carbons (Fsp3) is 0.500. The van der Waals surface area contributed by atoms with Crippen LogP contribution < -0.4 is 0 Å². The van der Waals surface area contributed by atoms with E-state index in [4.69, 9.17) is 0 Å². The predicted octanol–water partition coefficient (Wildman–Crippen LogP) is 15.6. The van der Waals surface area contributed by atoms with Gasteiger partial charge in [0.1, 0.15) is 11.6 Å². The Morgan fingerprint density at radius 3 is 0.680 bits per heavy atom. The van der Waals surface area contributed by atoms with E-state index in [-0.39, 0.29) is 14.5 Å². The van der Waals surface area contributed by atoms with Crippen LogP contribution in [0.3, 0.4) is 0 Å². The molecule has 0 radical (unpaired) electrons. The van der Waals surface area contributed by atoms with Crippen LogP contribution >= 0.6 is 0 Å². The molecule has 0 nitrogen and oxygen atoms in total. The van der Waals surface area contributed by atoms with Crippen molar-refractivity contribution in [2.24, 2.45) is 23.7 Å². The first-order valence-electron chi connectivity index (χ1n) is 19.1. The summed E-state index contributed by atoms with van der Waals surface area (Å²) in [4.78, 5) is 0. The van der Waals surface area contributed by atoms with Gasteiger partial charge in [0.15, 0.2) is 0 Å². The standard InChI is InChI=1S/2C8H9F.2C8H16.2C8H10.2H2/c2*1-6-3-4-7(2)8(9)5-6;4*1-7-3-5-8(2)6-4-7;;/h2*3-5H,1-2H3;2*7-8H,3-6H2,1-2H3;2*3-6H,1-2H3;2*1H. The number of hydrogen-bond acceptors (Lipinski definition) is 0. The molecule has 0 aliphatic heterocycles. The summed E-state index contributed by atoms with van der Waals surface area (Å²) < 4.78 is 25.2. The van der Waals surface area contributed by atoms with Gasteiger partial charge in [-0.2, -0.15) is 0 Å². The largest absolute Gasteiger partial charge is 0.207 e. The fourth-order valence-electron chi connectivity index (χ4n) is 5.52. The minimum Gasteiger partial charge on any atom is -0.207 e. The molecule has 280 valence electrons. The molecule has 0 aromatic heterocycles. The first-order chi connectivity index (χ1) is 23.5. The lowest BCUT2D eigenvalue weighted by Crippen LogP contribution is -2.08. The third-order valence-electron chi connectivity index (χ3n) is 9.70. The Labute approximate surface area is 310 Å². The van der Waals surface area contributed by atoms with Gasteiger partial charge in [0, 0.05) is 2.85 Å². The number of aryl methyl sites for hydroxylation is 8. The molecule has 4 aromatic rings. The molecule has 0 spiro atoms. The van der Waals surface area contributed by atoms with Gasteiger partial charge in [0.05, 0.1) is 0 Å². The van der Waals surface area contributed by atoms with Crippen molar-refractivity contribution >= 4 is 0 Å². The minimum absolute atomic E-state index is 0. The summed E-state index contributed by atoms with van der Waals surface area (Å²) in [6.45, 7) is 25.1. The van der Waals surface area contributed by atoms with E-state index in [9.17, 15) is 8.78 Å². The van der Waals surface area contributed by atoms with E-state index in [1.165, 1.54) is 85.8 Å². The van der Waals surface area contributed by atoms with Gasteiger partial charge in [-0.1, -0.05) is 174 Å². The van der Waals surface area contributed by atoms with Crippen LogP contribution in [0.15, 0.2) is 84.9 Å². The lowest BCUT2D eigenvalue weighted by atomic mass is 9.84. The van der Waals surface area contributed by atoms with E-state index in [2.05, 4.69) is 104 Å². The van der Waals surface area contributed by atoms with Crippen molar-refractivity contribution in [1.29, 1.82) is 0 Å². The second-order valence-electron chi connectivity index (χ2n) is 15.5. The van der Waals surface area contributed by atoms with Crippen LogP contribution in [0.25, 0.3) is 0 Å². The van der Waals surface area contributed by atoms with Crippen LogP contribution in [0.4, 0.5) is 8.78 Å². The summed E-state index contributed by atoms with van der Waals surface area (Å²) in [7, 11) is 0. The second-order valence-corrected chi connectivity index (χ2v) is 15.5. The summed E-state index contributed by atoms with van der Waals surface area (Å²) in [6.07, 6.45) is 11.8. The summed E-state index contributed by atoms with van der Waals surface area (Å²) in [5.41, 5.74) is 8.68. The van der Waals surface area contributed by atoms with E-state index in [1.54, 1.807) is 26.0 Å². The Morgan fingerprint density at radius 1 is 0.340 bits per heavy atom. The average molecular weight is 689 g/mol. The lowest BCUT2D eigenvalue weighted by Gasteiger charge is -2.22. The molecular formula is C48H74F2. The molecule has 50 heavy (non-hydrogen) atoms. The van der Waals surface area contributed by atoms with E-state index >= 15 is 0 Å². The Morgan fingerprint density at radius 2 is 0.520 bits per heavy atom. The number of rotatable bonds is 0. The maximum absolute atomic E-state index is 12.6. The molecule has 0 heterocycles. The SMILES string of the molecule is CC1CCC(C)CC1.CC1CCC(C)CC1.Cc1ccc(C)c(F)c1.Cc1ccc(C)c(F)c1.Cc1ccc(C)cc1.Cc1ccc(C)cc1.[HH].[HH]. The molecule has 2 heteroatoms. The predicted molar refractivity (Wildman–Crippen MR) is 221 cm³/mol. The third kappa shape index (κ3) is 21.7. The molecule has 0 atom stereocenters. The monoisotopic (exact) mass is 689 g/mol. The van der Waals surface area contributed by atoms with Gasteiger partial charge >= 0.3 is 0 Å². The van der Waals surface area contributed by atoms with Crippen LogP contribution in [0.1, 0.15) is 126 Å². The van der Waals surface area contributed by atoms with Crippen molar-refractivity contribution in [3.63, 3.8) is 0 Å². The molecule has 2 fully saturated rings. The quantitative estimate of drug-likeness (QED) is 0.172. The smallest absolute Gasteiger partial charge is 0.126 e. The molecular weight excluding hydrogens is 615 g/mol. The number of hydrogen-bond donors (Lipinski definition) is 0. The molecule has 0 amide bonds. The van der Waals surface area contributed by atoms with Crippen molar-refractivity contribution in [2.45, 2.75) is 134 Å². The fourth-order valence-corrected chi connectivity index (χ4v) is 5.52. The summed E-state index contributed by atoms with van der Waals surface area (Å²) in [5, 5.41) is 0. The Balaban J connectivity index is 0. The Kier molecular flexibility index (Phi) is 22.2. The highest BCUT2D eigenvalue weighted by Crippen LogP contribution is 2.28. The molecule has 0 N–H and O–H groups in total. The van der Waals surface area contributed by atoms with Crippen LogP contribution in [0.5, 0.6) is 0 Å². The maximum Gasteiger partial charge on any atom is 0.126 e. The van der Waals surface area contributed by atoms with Crippen molar-refractivity contribution in [1.82, 2.24) is 0 Å². The van der Waals surface area contributed by atoms with Crippen LogP contribution in [0, 0.1) is 90.7 Å². The van der Waals surface area contributed by atoms with Crippen LogP contribution in [0.2, 0.25) is 0 Å². The molecule has 0 saturated heterocycles. The molecule has 6 rings (SSSR count). The highest BCUT2D eigenvalue weighted by molar-refractivity contribution is 5.23. The summed E-state index contributed by atoms with van der Waals surface area (Å²) >= 11 is 0. The second kappa shape index (κ2) is 24.8. The zero-order valence-electron chi connectivity index (χ0n) is 33.8. The minimum atomic E-state index is -0.116. The Bertz CT molecular complexity index is 1270. The van der Waals surface area contributed by atoms with Crippen molar-refractivity contribution in [3.8, 4) is 0 Å². The van der Waals surface area contributed by atoms with Crippen LogP contribution in [-0.4, -0.2) is 0 Å². The average Bonchev–Trinajstić information content (AvgIpc) is 3.08. The lowest BCUT2D eigenvalue weighted by molar-refractivity contribution is 0.308. The van der Waals surface area contributed by atoms with Crippen molar-refractivity contribution in [3.05, 3.63) is 141 Å². The first kappa shape index (κ1) is 44.8. The third-order valence-corrected chi connectivity index (χ3v) is 9.70. The van der Waals surface area contributed by atoms with Gasteiger partial charge in [-0.15, -0.1) is 0 Å². The molecule has 0 bridgehead atoms. The van der Waals surface area contributed by atoms with E-state index in [0.29, 0.717) is 11.1 Å². The molecule has 2 saturated carbocycles. The van der Waals surface area contributed by atoms with Gasteiger partial charge in [-0.3, -0.25) is 0 Å². The van der Waals surface area contributed by atoms with E-state index in [0.717, 1.165) is 34.8 Å². The van der Waals surface area contributed by atoms with Crippen molar-refractivity contribution in [2.75, 3.05) is 0 Å². The molecule has 4 aromatic carbocycles. The van der Waals surface area contributed by atoms with Gasteiger partial charge in [-0.05, 0) is 113 Å². The van der Waals surface area contributed by atoms with E-state index in [1.807, 2.05) is 26.0 Å². The van der Waals surface area contributed by atoms with E-state index < -0.39 is 0 Å². The summed E-state index contributed by atoms with van der Waals surface area (Å²) in [5.74, 6) is 3.85. The highest BCUT2D eigenvalue weighted by Gasteiger charge is 2.13. The normalized spacial score (nSPS) is 19.2. The van der Waals surface area contributed by atoms with Gasteiger partial charge < -0.3 is 0 Å². The van der Waals surface area contributed by atoms with Gasteiger partial charge in [0.25, 0.3) is 0 Å². The maximum atomic E-state index is 12.6. The van der Waals surface area contributed by atoms with Crippen LogP contribution in [-0.2, 0) is 0 Å². The number of halogens is 2. The molecule has 2 aliphatic rings. The highest BCUT2D eigenvalue weighted by atomic mass is 19.1. The topological polar surface area (TPSA) is 0 Å². The van der Waals surface area contributed by atoms with Gasteiger partial charge in [-0.25, -0.2) is 8.78 Å². The number of benzene rings is 4. The van der Waals surface area contributed by atoms with Gasteiger partial charge in [0.2, 0.25) is 0 Å². The summed E-state index contributed by atoms with van der Waals surface area (Å²) in [6, 6.07) is 27.4. The molecule has 2 aliphatic carbocycles. The Hall–Kier alpha value is -3.26. The molecule has 0 unspecified atom stereocenters.